The van der Waals surface area contributed by atoms with Gasteiger partial charge in [0.1, 0.15) is 12.7 Å². The molecule has 1 aliphatic heterocycles. The van der Waals surface area contributed by atoms with Crippen molar-refractivity contribution in [1.29, 1.82) is 0 Å². The molecule has 1 aromatic carbocycles. The van der Waals surface area contributed by atoms with Gasteiger partial charge >= 0.3 is 8.56 Å². The average molecular weight is 289 g/mol. The summed E-state index contributed by atoms with van der Waals surface area (Å²) in [5.74, 6) is 0. The monoisotopic (exact) mass is 289 g/mol. The highest BCUT2D eigenvalue weighted by atomic mass is 28.4. The van der Waals surface area contributed by atoms with E-state index in [9.17, 15) is 0 Å². The molecule has 1 saturated heterocycles. The maximum absolute atomic E-state index is 6.33. The second-order valence-electron chi connectivity index (χ2n) is 5.30. The zero-order valence-electron chi connectivity index (χ0n) is 11.8. The minimum atomic E-state index is -2.53. The Morgan fingerprint density at radius 1 is 1.20 bits per heavy atom. The number of rotatable bonds is 3. The number of hydrogen-bond acceptors (Lipinski definition) is 4. The van der Waals surface area contributed by atoms with Gasteiger partial charge in [0.05, 0.1) is 6.17 Å². The minimum Gasteiger partial charge on any atom is -0.387 e. The van der Waals surface area contributed by atoms with Gasteiger partial charge in [-0.25, -0.2) is 4.98 Å². The lowest BCUT2D eigenvalue weighted by molar-refractivity contribution is 0.0176. The first kappa shape index (κ1) is 13.5. The zero-order valence-corrected chi connectivity index (χ0v) is 12.8. The second kappa shape index (κ2) is 5.47. The molecular weight excluding hydrogens is 270 g/mol. The van der Waals surface area contributed by atoms with Gasteiger partial charge in [-0.1, -0.05) is 30.3 Å². The Labute approximate surface area is 119 Å². The summed E-state index contributed by atoms with van der Waals surface area (Å²) in [5, 5.41) is 5.36. The van der Waals surface area contributed by atoms with E-state index < -0.39 is 8.56 Å². The highest BCUT2D eigenvalue weighted by Crippen LogP contribution is 2.24. The molecule has 2 aromatic rings. The summed E-state index contributed by atoms with van der Waals surface area (Å²) < 4.78 is 14.5. The quantitative estimate of drug-likeness (QED) is 0.801. The molecule has 3 rings (SSSR count). The maximum Gasteiger partial charge on any atom is 0.395 e. The molecular formula is C14H19N3O2Si. The summed E-state index contributed by atoms with van der Waals surface area (Å²) in [4.78, 5) is 4.01. The van der Waals surface area contributed by atoms with E-state index >= 15 is 0 Å². The fourth-order valence-corrected chi connectivity index (χ4v) is 6.20. The summed E-state index contributed by atoms with van der Waals surface area (Å²) in [6.45, 7) is 4.23. The average Bonchev–Trinajstić information content (AvgIpc) is 2.91. The largest absolute Gasteiger partial charge is 0.395 e. The molecule has 106 valence electrons. The first-order valence-corrected chi connectivity index (χ1v) is 8.94. The van der Waals surface area contributed by atoms with E-state index in [1.807, 2.05) is 22.9 Å². The molecule has 1 aliphatic rings. The van der Waals surface area contributed by atoms with Crippen LogP contribution in [0.4, 0.5) is 0 Å². The fraction of sp³-hybridized carbons (Fsp3) is 0.429. The Hall–Kier alpha value is -1.50. The molecule has 1 aromatic heterocycles. The lowest BCUT2D eigenvalue weighted by atomic mass is 10.2. The lowest BCUT2D eigenvalue weighted by Crippen LogP contribution is -2.63. The first-order valence-electron chi connectivity index (χ1n) is 6.91. The highest BCUT2D eigenvalue weighted by Gasteiger charge is 2.47. The van der Waals surface area contributed by atoms with Crippen molar-refractivity contribution in [2.24, 2.45) is 0 Å². The Morgan fingerprint density at radius 2 is 1.90 bits per heavy atom. The van der Waals surface area contributed by atoms with Crippen molar-refractivity contribution < 1.29 is 8.85 Å². The molecule has 0 aliphatic carbocycles. The summed E-state index contributed by atoms with van der Waals surface area (Å²) >= 11 is 0. The molecule has 0 amide bonds. The second-order valence-corrected chi connectivity index (χ2v) is 8.18. The summed E-state index contributed by atoms with van der Waals surface area (Å²) in [6, 6.07) is 10.3. The SMILES string of the molecule is CC1CC(C)O[Si](Cn2cncn2)(c2ccccc2)O1. The van der Waals surface area contributed by atoms with Crippen molar-refractivity contribution >= 4 is 13.7 Å². The number of hydrogen-bond donors (Lipinski definition) is 0. The molecule has 6 heteroatoms. The van der Waals surface area contributed by atoms with E-state index in [-0.39, 0.29) is 12.2 Å². The molecule has 20 heavy (non-hydrogen) atoms. The van der Waals surface area contributed by atoms with E-state index in [1.54, 1.807) is 12.7 Å². The molecule has 0 saturated carbocycles. The molecule has 5 nitrogen and oxygen atoms in total. The van der Waals surface area contributed by atoms with Gasteiger partial charge in [0.15, 0.2) is 0 Å². The molecule has 1 fully saturated rings. The van der Waals surface area contributed by atoms with Gasteiger partial charge < -0.3 is 8.85 Å². The summed E-state index contributed by atoms with van der Waals surface area (Å²) in [7, 11) is -2.53. The van der Waals surface area contributed by atoms with Crippen molar-refractivity contribution in [1.82, 2.24) is 14.8 Å². The summed E-state index contributed by atoms with van der Waals surface area (Å²) in [5.41, 5.74) is 0. The molecule has 0 radical (unpaired) electrons. The van der Waals surface area contributed by atoms with Crippen LogP contribution in [0.3, 0.4) is 0 Å². The number of benzene rings is 1. The van der Waals surface area contributed by atoms with Gasteiger partial charge in [-0.2, -0.15) is 5.10 Å². The predicted molar refractivity (Wildman–Crippen MR) is 77.6 cm³/mol. The smallest absolute Gasteiger partial charge is 0.387 e. The van der Waals surface area contributed by atoms with Gasteiger partial charge in [0.2, 0.25) is 0 Å². The van der Waals surface area contributed by atoms with Crippen LogP contribution in [0.5, 0.6) is 0 Å². The van der Waals surface area contributed by atoms with Crippen molar-refractivity contribution in [2.75, 3.05) is 0 Å². The van der Waals surface area contributed by atoms with Gasteiger partial charge in [-0.3, -0.25) is 4.68 Å². The van der Waals surface area contributed by atoms with Crippen molar-refractivity contribution in [3.8, 4) is 0 Å². The number of aromatic nitrogens is 3. The van der Waals surface area contributed by atoms with Crippen LogP contribution < -0.4 is 5.19 Å². The van der Waals surface area contributed by atoms with Gasteiger partial charge in [0.25, 0.3) is 0 Å². The molecule has 0 spiro atoms. The highest BCUT2D eigenvalue weighted by molar-refractivity contribution is 6.80. The molecule has 2 heterocycles. The van der Waals surface area contributed by atoms with Gasteiger partial charge in [-0.05, 0) is 25.5 Å². The standard InChI is InChI=1S/C14H19N3O2Si/c1-12-8-13(2)19-20(18-12,11-17-10-15-9-16-17)14-6-4-3-5-7-14/h3-7,9-10,12-13H,8,11H2,1-2H3. The molecule has 0 N–H and O–H groups in total. The summed E-state index contributed by atoms with van der Waals surface area (Å²) in [6.07, 6.45) is 5.23. The van der Waals surface area contributed by atoms with E-state index in [4.69, 9.17) is 8.85 Å². The van der Waals surface area contributed by atoms with E-state index in [2.05, 4.69) is 36.1 Å². The minimum absolute atomic E-state index is 0.203. The molecule has 2 unspecified atom stereocenters. The topological polar surface area (TPSA) is 49.2 Å². The Morgan fingerprint density at radius 3 is 2.50 bits per heavy atom. The van der Waals surface area contributed by atoms with Crippen LogP contribution in [-0.4, -0.2) is 35.5 Å². The Bertz CT molecular complexity index is 537. The Kier molecular flexibility index (Phi) is 3.69. The van der Waals surface area contributed by atoms with Crippen LogP contribution in [0, 0.1) is 0 Å². The fourth-order valence-electron chi connectivity index (χ4n) is 2.76. The normalized spacial score (nSPS) is 30.3. The van der Waals surface area contributed by atoms with Crippen LogP contribution >= 0.6 is 0 Å². The molecule has 0 bridgehead atoms. The van der Waals surface area contributed by atoms with E-state index in [0.717, 1.165) is 11.6 Å². The third-order valence-electron chi connectivity index (χ3n) is 3.50. The van der Waals surface area contributed by atoms with Crippen LogP contribution in [0.2, 0.25) is 0 Å². The van der Waals surface area contributed by atoms with E-state index in [1.165, 1.54) is 0 Å². The van der Waals surface area contributed by atoms with Crippen molar-refractivity contribution in [3.05, 3.63) is 43.0 Å². The number of nitrogens with zero attached hydrogens (tertiary/aromatic N) is 3. The van der Waals surface area contributed by atoms with Crippen molar-refractivity contribution in [2.45, 2.75) is 38.6 Å². The van der Waals surface area contributed by atoms with Gasteiger partial charge in [0, 0.05) is 12.2 Å². The van der Waals surface area contributed by atoms with E-state index in [0.29, 0.717) is 6.17 Å². The third-order valence-corrected chi connectivity index (χ3v) is 7.02. The predicted octanol–water partition coefficient (Wildman–Crippen LogP) is 1.38. The molecule has 2 atom stereocenters. The lowest BCUT2D eigenvalue weighted by Gasteiger charge is -2.41. The first-order chi connectivity index (χ1) is 9.68. The zero-order chi connectivity index (χ0) is 14.0. The maximum atomic E-state index is 6.33. The van der Waals surface area contributed by atoms with Crippen LogP contribution in [0.1, 0.15) is 20.3 Å². The van der Waals surface area contributed by atoms with Crippen LogP contribution in [0.25, 0.3) is 0 Å². The Balaban J connectivity index is 1.98. The van der Waals surface area contributed by atoms with Crippen molar-refractivity contribution in [3.63, 3.8) is 0 Å². The van der Waals surface area contributed by atoms with Gasteiger partial charge in [-0.15, -0.1) is 0 Å². The third kappa shape index (κ3) is 2.67. The van der Waals surface area contributed by atoms with Crippen LogP contribution in [0.15, 0.2) is 43.0 Å². The van der Waals surface area contributed by atoms with Crippen LogP contribution in [-0.2, 0) is 15.0 Å².